The van der Waals surface area contributed by atoms with Gasteiger partial charge in [-0.2, -0.15) is 4.80 Å². The van der Waals surface area contributed by atoms with Gasteiger partial charge in [-0.25, -0.2) is 4.79 Å². The Bertz CT molecular complexity index is 1040. The first kappa shape index (κ1) is 21.9. The zero-order valence-corrected chi connectivity index (χ0v) is 18.2. The second kappa shape index (κ2) is 9.46. The lowest BCUT2D eigenvalue weighted by Crippen LogP contribution is -2.48. The van der Waals surface area contributed by atoms with Crippen LogP contribution in [0.1, 0.15) is 41.7 Å². The molecule has 9 heteroatoms. The first-order valence-electron chi connectivity index (χ1n) is 10.5. The van der Waals surface area contributed by atoms with Crippen LogP contribution in [0.5, 0.6) is 5.75 Å². The number of aliphatic hydroxyl groups excluding tert-OH is 1. The zero-order valence-electron chi connectivity index (χ0n) is 18.2. The Balaban J connectivity index is 1.43. The van der Waals surface area contributed by atoms with Gasteiger partial charge in [-0.3, -0.25) is 0 Å². The van der Waals surface area contributed by atoms with Crippen molar-refractivity contribution < 1.29 is 24.1 Å². The van der Waals surface area contributed by atoms with E-state index in [4.69, 9.17) is 14.2 Å². The van der Waals surface area contributed by atoms with E-state index in [1.807, 2.05) is 44.2 Å². The second-order valence-corrected chi connectivity index (χ2v) is 7.93. The third kappa shape index (κ3) is 4.63. The number of esters is 1. The number of hydrogen-bond acceptors (Lipinski definition) is 8. The standard InChI is InChI=1S/C23H26N4O5/c1-14-15(2)20(32-22(28)17-7-5-4-6-8-17)23(29)31-19(14)21-24-26-27(25-21)13-16-9-11-18(30-3)12-10-16/h4-12,14-15,19-20,23,29H,13H2,1-3H3/t14-,15-,19?,20?,23?/m0/s1. The topological polar surface area (TPSA) is 109 Å². The smallest absolute Gasteiger partial charge is 0.338 e. The van der Waals surface area contributed by atoms with Crippen molar-refractivity contribution in [2.24, 2.45) is 11.8 Å². The molecule has 0 radical (unpaired) electrons. The maximum Gasteiger partial charge on any atom is 0.338 e. The Labute approximate surface area is 185 Å². The molecular weight excluding hydrogens is 412 g/mol. The molecule has 5 atom stereocenters. The highest BCUT2D eigenvalue weighted by molar-refractivity contribution is 5.89. The summed E-state index contributed by atoms with van der Waals surface area (Å²) in [6, 6.07) is 16.3. The van der Waals surface area contributed by atoms with Crippen molar-refractivity contribution >= 4 is 5.97 Å². The Kier molecular flexibility index (Phi) is 6.48. The monoisotopic (exact) mass is 438 g/mol. The van der Waals surface area contributed by atoms with Crippen LogP contribution in [0.4, 0.5) is 0 Å². The molecule has 1 N–H and O–H groups in total. The highest BCUT2D eigenvalue weighted by Crippen LogP contribution is 2.39. The summed E-state index contributed by atoms with van der Waals surface area (Å²) < 4.78 is 16.5. The highest BCUT2D eigenvalue weighted by atomic mass is 16.7. The van der Waals surface area contributed by atoms with E-state index in [1.54, 1.807) is 31.4 Å². The number of aliphatic hydroxyl groups is 1. The number of carbonyl (C=O) groups is 1. The van der Waals surface area contributed by atoms with Crippen LogP contribution in [0.2, 0.25) is 0 Å². The fourth-order valence-electron chi connectivity index (χ4n) is 3.74. The van der Waals surface area contributed by atoms with Gasteiger partial charge in [-0.15, -0.1) is 10.2 Å². The van der Waals surface area contributed by atoms with Gasteiger partial charge in [0.2, 0.25) is 5.82 Å². The third-order valence-electron chi connectivity index (χ3n) is 5.85. The minimum absolute atomic E-state index is 0.120. The molecule has 32 heavy (non-hydrogen) atoms. The molecule has 1 fully saturated rings. The van der Waals surface area contributed by atoms with Gasteiger partial charge in [0.05, 0.1) is 19.2 Å². The summed E-state index contributed by atoms with van der Waals surface area (Å²) in [5.74, 6) is 0.343. The lowest BCUT2D eigenvalue weighted by Gasteiger charge is -2.40. The summed E-state index contributed by atoms with van der Waals surface area (Å²) in [5, 5.41) is 23.3. The Morgan fingerprint density at radius 3 is 2.50 bits per heavy atom. The number of rotatable bonds is 6. The van der Waals surface area contributed by atoms with E-state index in [2.05, 4.69) is 15.4 Å². The van der Waals surface area contributed by atoms with Crippen LogP contribution in [0.15, 0.2) is 54.6 Å². The lowest BCUT2D eigenvalue weighted by atomic mass is 9.83. The fraction of sp³-hybridized carbons (Fsp3) is 0.391. The first-order valence-corrected chi connectivity index (χ1v) is 10.5. The normalized spacial score (nSPS) is 25.3. The number of nitrogens with zero attached hydrogens (tertiary/aromatic N) is 4. The average molecular weight is 438 g/mol. The number of carbonyl (C=O) groups excluding carboxylic acids is 1. The first-order chi connectivity index (χ1) is 15.5. The van der Waals surface area contributed by atoms with Crippen LogP contribution in [-0.2, 0) is 16.0 Å². The Morgan fingerprint density at radius 1 is 1.09 bits per heavy atom. The SMILES string of the molecule is COc1ccc(Cn2nnc(C3OC(O)C(OC(=O)c4ccccc4)[C@@H](C)[C@@H]3C)n2)cc1. The van der Waals surface area contributed by atoms with Gasteiger partial charge < -0.3 is 19.3 Å². The van der Waals surface area contributed by atoms with Gasteiger partial charge in [-0.1, -0.05) is 44.2 Å². The summed E-state index contributed by atoms with van der Waals surface area (Å²) in [6.07, 6.45) is -2.67. The van der Waals surface area contributed by atoms with Crippen LogP contribution in [-0.4, -0.2) is 50.8 Å². The minimum atomic E-state index is -1.30. The third-order valence-corrected chi connectivity index (χ3v) is 5.85. The number of ether oxygens (including phenoxy) is 3. The van der Waals surface area contributed by atoms with Crippen molar-refractivity contribution in [3.05, 3.63) is 71.5 Å². The number of aromatic nitrogens is 4. The van der Waals surface area contributed by atoms with E-state index in [0.717, 1.165) is 11.3 Å². The molecule has 0 saturated carbocycles. The molecule has 1 aliphatic rings. The summed E-state index contributed by atoms with van der Waals surface area (Å²) in [7, 11) is 1.62. The van der Waals surface area contributed by atoms with Crippen molar-refractivity contribution in [2.75, 3.05) is 7.11 Å². The van der Waals surface area contributed by atoms with Crippen LogP contribution < -0.4 is 4.74 Å². The molecule has 0 spiro atoms. The summed E-state index contributed by atoms with van der Waals surface area (Å²) in [6.45, 7) is 4.30. The summed E-state index contributed by atoms with van der Waals surface area (Å²) in [4.78, 5) is 13.9. The van der Waals surface area contributed by atoms with E-state index < -0.39 is 24.5 Å². The quantitative estimate of drug-likeness (QED) is 0.585. The van der Waals surface area contributed by atoms with E-state index in [-0.39, 0.29) is 11.8 Å². The number of benzene rings is 2. The molecule has 168 valence electrons. The number of hydrogen-bond donors (Lipinski definition) is 1. The Hall–Kier alpha value is -3.30. The lowest BCUT2D eigenvalue weighted by molar-refractivity contribution is -0.253. The van der Waals surface area contributed by atoms with E-state index in [9.17, 15) is 9.90 Å². The summed E-state index contributed by atoms with van der Waals surface area (Å²) in [5.41, 5.74) is 1.42. The molecule has 4 rings (SSSR count). The molecule has 3 aromatic rings. The van der Waals surface area contributed by atoms with Gasteiger partial charge in [0, 0.05) is 5.92 Å². The van der Waals surface area contributed by atoms with Crippen molar-refractivity contribution in [3.8, 4) is 5.75 Å². The predicted octanol–water partition coefficient (Wildman–Crippen LogP) is 2.62. The van der Waals surface area contributed by atoms with Gasteiger partial charge in [0.1, 0.15) is 11.9 Å². The van der Waals surface area contributed by atoms with E-state index in [1.165, 1.54) is 4.80 Å². The van der Waals surface area contributed by atoms with Crippen molar-refractivity contribution in [1.82, 2.24) is 20.2 Å². The molecule has 0 bridgehead atoms. The molecule has 1 saturated heterocycles. The maximum absolute atomic E-state index is 12.4. The molecular formula is C23H26N4O5. The molecule has 2 aromatic carbocycles. The maximum atomic E-state index is 12.4. The van der Waals surface area contributed by atoms with E-state index >= 15 is 0 Å². The molecule has 0 aliphatic carbocycles. The van der Waals surface area contributed by atoms with E-state index in [0.29, 0.717) is 17.9 Å². The summed E-state index contributed by atoms with van der Waals surface area (Å²) >= 11 is 0. The number of methoxy groups -OCH3 is 1. The molecule has 1 aliphatic heterocycles. The number of tetrazole rings is 1. The molecule has 9 nitrogen and oxygen atoms in total. The molecule has 2 heterocycles. The minimum Gasteiger partial charge on any atom is -0.497 e. The van der Waals surface area contributed by atoms with Crippen molar-refractivity contribution in [2.45, 2.75) is 38.9 Å². The second-order valence-electron chi connectivity index (χ2n) is 7.93. The fourth-order valence-corrected chi connectivity index (χ4v) is 3.74. The Morgan fingerprint density at radius 2 is 1.81 bits per heavy atom. The van der Waals surface area contributed by atoms with Crippen LogP contribution in [0.3, 0.4) is 0 Å². The zero-order chi connectivity index (χ0) is 22.7. The highest BCUT2D eigenvalue weighted by Gasteiger charge is 2.45. The van der Waals surface area contributed by atoms with Gasteiger partial charge >= 0.3 is 5.97 Å². The molecule has 1 aromatic heterocycles. The van der Waals surface area contributed by atoms with Crippen molar-refractivity contribution in [1.29, 1.82) is 0 Å². The van der Waals surface area contributed by atoms with Crippen molar-refractivity contribution in [3.63, 3.8) is 0 Å². The predicted molar refractivity (Wildman–Crippen MR) is 114 cm³/mol. The van der Waals surface area contributed by atoms with Gasteiger partial charge in [0.25, 0.3) is 0 Å². The van der Waals surface area contributed by atoms with Gasteiger partial charge in [-0.05, 0) is 41.0 Å². The molecule has 3 unspecified atom stereocenters. The van der Waals surface area contributed by atoms with Crippen LogP contribution in [0.25, 0.3) is 0 Å². The largest absolute Gasteiger partial charge is 0.497 e. The van der Waals surface area contributed by atoms with Crippen LogP contribution in [0, 0.1) is 11.8 Å². The molecule has 0 amide bonds. The average Bonchev–Trinajstić information content (AvgIpc) is 3.28. The van der Waals surface area contributed by atoms with Crippen LogP contribution >= 0.6 is 0 Å². The van der Waals surface area contributed by atoms with Gasteiger partial charge in [0.15, 0.2) is 12.4 Å².